The van der Waals surface area contributed by atoms with Crippen molar-refractivity contribution in [3.8, 4) is 55.9 Å². The molecule has 0 aliphatic carbocycles. The monoisotopic (exact) mass is 548 g/mol. The lowest BCUT2D eigenvalue weighted by Gasteiger charge is -2.11. The van der Waals surface area contributed by atoms with Crippen LogP contribution >= 0.6 is 0 Å². The highest BCUT2D eigenvalue weighted by Gasteiger charge is 2.22. The van der Waals surface area contributed by atoms with Gasteiger partial charge in [-0.05, 0) is 51.4 Å². The average Bonchev–Trinajstić information content (AvgIpc) is 3.50. The van der Waals surface area contributed by atoms with E-state index in [4.69, 9.17) is 5.10 Å². The Morgan fingerprint density at radius 2 is 0.860 bits per heavy atom. The van der Waals surface area contributed by atoms with Crippen molar-refractivity contribution in [1.82, 2.24) is 9.61 Å². The third-order valence-corrected chi connectivity index (χ3v) is 8.19. The van der Waals surface area contributed by atoms with Gasteiger partial charge in [0, 0.05) is 22.1 Å². The summed E-state index contributed by atoms with van der Waals surface area (Å²) in [6.07, 6.45) is 0. The van der Waals surface area contributed by atoms with E-state index >= 15 is 0 Å². The molecule has 2 heteroatoms. The number of nitrogens with zero attached hydrogens (tertiary/aromatic N) is 2. The molecule has 2 nitrogen and oxygen atoms in total. The molecule has 0 radical (unpaired) electrons. The molecular formula is C41H28N2. The molecule has 2 aromatic heterocycles. The second-order valence-corrected chi connectivity index (χ2v) is 10.9. The SMILES string of the molecule is c1ccc(-c2cccc(-c3nn4c(-c5ccccc5)cc5ccccc5c4c3-c3cccc(-c4ccccc4)c3)c2)cc1. The van der Waals surface area contributed by atoms with E-state index in [9.17, 15) is 0 Å². The van der Waals surface area contributed by atoms with E-state index in [0.717, 1.165) is 39.2 Å². The normalized spacial score (nSPS) is 11.3. The lowest BCUT2D eigenvalue weighted by Crippen LogP contribution is -1.95. The van der Waals surface area contributed by atoms with Gasteiger partial charge >= 0.3 is 0 Å². The van der Waals surface area contributed by atoms with Crippen LogP contribution in [0.4, 0.5) is 0 Å². The standard InChI is InChI=1S/C41H28N2/c1-4-14-29(15-5-1)32-21-12-23-35(26-32)39-40(36-24-13-22-33(27-36)30-16-6-2-7-17-30)42-43-38(31-18-8-3-9-19-31)28-34-20-10-11-25-37(34)41(39)43/h1-28H. The van der Waals surface area contributed by atoms with Crippen LogP contribution in [-0.4, -0.2) is 9.61 Å². The Bertz CT molecular complexity index is 2210. The molecule has 0 N–H and O–H groups in total. The van der Waals surface area contributed by atoms with E-state index in [1.54, 1.807) is 0 Å². The summed E-state index contributed by atoms with van der Waals surface area (Å²) >= 11 is 0. The largest absolute Gasteiger partial charge is 0.231 e. The Kier molecular flexibility index (Phi) is 6.16. The van der Waals surface area contributed by atoms with Crippen LogP contribution in [0, 0.1) is 0 Å². The van der Waals surface area contributed by atoms with Gasteiger partial charge in [-0.15, -0.1) is 0 Å². The van der Waals surface area contributed by atoms with Crippen molar-refractivity contribution < 1.29 is 0 Å². The maximum absolute atomic E-state index is 5.44. The molecule has 0 atom stereocenters. The van der Waals surface area contributed by atoms with Gasteiger partial charge in [-0.2, -0.15) is 5.10 Å². The first-order chi connectivity index (χ1) is 21.3. The number of hydrogen-bond donors (Lipinski definition) is 0. The first kappa shape index (κ1) is 25.0. The molecule has 0 saturated heterocycles. The topological polar surface area (TPSA) is 17.3 Å². The first-order valence-electron chi connectivity index (χ1n) is 14.7. The maximum atomic E-state index is 5.44. The minimum absolute atomic E-state index is 0.969. The molecule has 8 rings (SSSR count). The van der Waals surface area contributed by atoms with Crippen LogP contribution in [0.2, 0.25) is 0 Å². The predicted molar refractivity (Wildman–Crippen MR) is 180 cm³/mol. The van der Waals surface area contributed by atoms with Crippen LogP contribution in [-0.2, 0) is 0 Å². The number of benzene rings is 6. The van der Waals surface area contributed by atoms with E-state index in [1.807, 2.05) is 0 Å². The number of rotatable bonds is 5. The van der Waals surface area contributed by atoms with E-state index in [-0.39, 0.29) is 0 Å². The molecule has 0 spiro atoms. The summed E-state index contributed by atoms with van der Waals surface area (Å²) in [6.45, 7) is 0. The van der Waals surface area contributed by atoms with E-state index in [1.165, 1.54) is 33.0 Å². The van der Waals surface area contributed by atoms with Gasteiger partial charge in [0.25, 0.3) is 0 Å². The van der Waals surface area contributed by atoms with Gasteiger partial charge in [-0.25, -0.2) is 4.52 Å². The molecule has 0 amide bonds. The Balaban J connectivity index is 1.47. The Hall–Kier alpha value is -5.73. The third-order valence-electron chi connectivity index (χ3n) is 8.19. The third kappa shape index (κ3) is 4.50. The van der Waals surface area contributed by atoms with Crippen LogP contribution in [0.25, 0.3) is 72.2 Å². The zero-order chi connectivity index (χ0) is 28.6. The Labute approximate surface area is 251 Å². The van der Waals surface area contributed by atoms with Crippen molar-refractivity contribution in [2.75, 3.05) is 0 Å². The van der Waals surface area contributed by atoms with Crippen LogP contribution in [0.15, 0.2) is 170 Å². The molecule has 0 saturated carbocycles. The summed E-state index contributed by atoms with van der Waals surface area (Å²) < 4.78 is 2.16. The molecule has 43 heavy (non-hydrogen) atoms. The fraction of sp³-hybridized carbons (Fsp3) is 0. The van der Waals surface area contributed by atoms with Crippen LogP contribution in [0.3, 0.4) is 0 Å². The van der Waals surface area contributed by atoms with Crippen molar-refractivity contribution in [3.63, 3.8) is 0 Å². The lowest BCUT2D eigenvalue weighted by molar-refractivity contribution is 0.979. The molecule has 2 heterocycles. The van der Waals surface area contributed by atoms with Gasteiger partial charge in [0.15, 0.2) is 0 Å². The highest BCUT2D eigenvalue weighted by atomic mass is 15.2. The van der Waals surface area contributed by atoms with Crippen molar-refractivity contribution >= 4 is 16.3 Å². The molecule has 202 valence electrons. The average molecular weight is 549 g/mol. The maximum Gasteiger partial charge on any atom is 0.101 e. The smallest absolute Gasteiger partial charge is 0.101 e. The zero-order valence-corrected chi connectivity index (χ0v) is 23.6. The van der Waals surface area contributed by atoms with Crippen LogP contribution in [0.5, 0.6) is 0 Å². The Morgan fingerprint density at radius 1 is 0.372 bits per heavy atom. The number of hydrogen-bond acceptors (Lipinski definition) is 1. The van der Waals surface area contributed by atoms with Crippen molar-refractivity contribution in [3.05, 3.63) is 170 Å². The summed E-state index contributed by atoms with van der Waals surface area (Å²) in [5.74, 6) is 0. The van der Waals surface area contributed by atoms with Crippen LogP contribution < -0.4 is 0 Å². The minimum atomic E-state index is 0.969. The first-order valence-corrected chi connectivity index (χ1v) is 14.7. The summed E-state index contributed by atoms with van der Waals surface area (Å²) in [4.78, 5) is 0. The van der Waals surface area contributed by atoms with Gasteiger partial charge < -0.3 is 0 Å². The van der Waals surface area contributed by atoms with Gasteiger partial charge in [-0.1, -0.05) is 152 Å². The lowest BCUT2D eigenvalue weighted by atomic mass is 9.93. The van der Waals surface area contributed by atoms with Crippen molar-refractivity contribution in [2.45, 2.75) is 0 Å². The van der Waals surface area contributed by atoms with E-state index < -0.39 is 0 Å². The summed E-state index contributed by atoms with van der Waals surface area (Å²) in [5, 5.41) is 7.81. The molecule has 8 aromatic rings. The Morgan fingerprint density at radius 3 is 1.51 bits per heavy atom. The van der Waals surface area contributed by atoms with Gasteiger partial charge in [-0.3, -0.25) is 0 Å². The van der Waals surface area contributed by atoms with Crippen molar-refractivity contribution in [2.24, 2.45) is 0 Å². The van der Waals surface area contributed by atoms with E-state index in [2.05, 4.69) is 174 Å². The minimum Gasteiger partial charge on any atom is -0.231 e. The number of fused-ring (bicyclic) bond motifs is 3. The highest BCUT2D eigenvalue weighted by molar-refractivity contribution is 6.09. The van der Waals surface area contributed by atoms with Gasteiger partial charge in [0.2, 0.25) is 0 Å². The molecule has 0 unspecified atom stereocenters. The van der Waals surface area contributed by atoms with Gasteiger partial charge in [0.05, 0.1) is 11.2 Å². The molecule has 0 fully saturated rings. The van der Waals surface area contributed by atoms with Gasteiger partial charge in [0.1, 0.15) is 5.69 Å². The number of pyridine rings is 1. The summed E-state index contributed by atoms with van der Waals surface area (Å²) in [6, 6.07) is 60.3. The summed E-state index contributed by atoms with van der Waals surface area (Å²) in [5.41, 5.74) is 12.4. The van der Waals surface area contributed by atoms with E-state index in [0.29, 0.717) is 0 Å². The molecule has 0 aliphatic heterocycles. The highest BCUT2D eigenvalue weighted by Crippen LogP contribution is 2.42. The molecular weight excluding hydrogens is 520 g/mol. The number of aromatic nitrogens is 2. The summed E-state index contributed by atoms with van der Waals surface area (Å²) in [7, 11) is 0. The predicted octanol–water partition coefficient (Wildman–Crippen LogP) is 10.8. The fourth-order valence-corrected chi connectivity index (χ4v) is 6.14. The fourth-order valence-electron chi connectivity index (χ4n) is 6.14. The second kappa shape index (κ2) is 10.6. The zero-order valence-electron chi connectivity index (χ0n) is 23.6. The molecule has 0 bridgehead atoms. The second-order valence-electron chi connectivity index (χ2n) is 10.9. The molecule has 0 aliphatic rings. The van der Waals surface area contributed by atoms with Crippen molar-refractivity contribution in [1.29, 1.82) is 0 Å². The quantitative estimate of drug-likeness (QED) is 0.209. The molecule has 6 aromatic carbocycles. The van der Waals surface area contributed by atoms with Crippen LogP contribution in [0.1, 0.15) is 0 Å².